The lowest BCUT2D eigenvalue weighted by Gasteiger charge is -2.25. The molecule has 0 unspecified atom stereocenters. The van der Waals surface area contributed by atoms with Crippen molar-refractivity contribution in [3.63, 3.8) is 0 Å². The second-order valence-corrected chi connectivity index (χ2v) is 4.56. The number of hydrogen-bond donors (Lipinski definition) is 1. The number of nitrogens with one attached hydrogen (secondary N) is 1. The third-order valence-electron chi connectivity index (χ3n) is 3.34. The Bertz CT molecular complexity index is 539. The monoisotopic (exact) mass is 269 g/mol. The zero-order chi connectivity index (χ0) is 14.4. The molecule has 104 valence electrons. The molecule has 0 fully saturated rings. The number of rotatable bonds is 6. The number of likely N-dealkylation sites (N-methyl/N-ethyl adjacent to an activating group) is 1. The highest BCUT2D eigenvalue weighted by molar-refractivity contribution is 6.00. The summed E-state index contributed by atoms with van der Waals surface area (Å²) in [6, 6.07) is 18.6. The van der Waals surface area contributed by atoms with Crippen molar-refractivity contribution in [3.05, 3.63) is 71.8 Å². The van der Waals surface area contributed by atoms with Crippen LogP contribution in [0.3, 0.4) is 0 Å². The summed E-state index contributed by atoms with van der Waals surface area (Å²) in [5.41, 5.74) is 1.67. The fourth-order valence-electron chi connectivity index (χ4n) is 2.31. The van der Waals surface area contributed by atoms with Crippen LogP contribution in [0.1, 0.15) is 22.0 Å². The molecule has 3 nitrogen and oxygen atoms in total. The normalized spacial score (nSPS) is 13.7. The zero-order valence-corrected chi connectivity index (χ0v) is 11.7. The van der Waals surface area contributed by atoms with Gasteiger partial charge in [-0.15, -0.1) is 0 Å². The molecule has 0 radical (unpaired) electrons. The van der Waals surface area contributed by atoms with Gasteiger partial charge in [-0.3, -0.25) is 4.79 Å². The average molecular weight is 269 g/mol. The molecule has 1 N–H and O–H groups in total. The Morgan fingerprint density at radius 3 is 2.05 bits per heavy atom. The van der Waals surface area contributed by atoms with Gasteiger partial charge in [0.2, 0.25) is 0 Å². The third kappa shape index (κ3) is 3.13. The summed E-state index contributed by atoms with van der Waals surface area (Å²) >= 11 is 0. The van der Waals surface area contributed by atoms with Crippen LogP contribution in [-0.4, -0.2) is 26.0 Å². The topological polar surface area (TPSA) is 38.3 Å². The van der Waals surface area contributed by atoms with Crippen molar-refractivity contribution in [2.75, 3.05) is 14.2 Å². The molecule has 0 aromatic heterocycles. The molecule has 0 heterocycles. The molecule has 0 spiro atoms. The Hall–Kier alpha value is -1.97. The summed E-state index contributed by atoms with van der Waals surface area (Å²) in [4.78, 5) is 12.6. The first kappa shape index (κ1) is 14.4. The summed E-state index contributed by atoms with van der Waals surface area (Å²) < 4.78 is 5.55. The molecule has 0 saturated carbocycles. The number of carbonyl (C=O) groups excluding carboxylic acids is 1. The molecular formula is C17H19NO2. The average Bonchev–Trinajstić information content (AvgIpc) is 2.53. The van der Waals surface area contributed by atoms with Crippen LogP contribution in [0.25, 0.3) is 0 Å². The molecule has 20 heavy (non-hydrogen) atoms. The second kappa shape index (κ2) is 6.98. The molecule has 0 amide bonds. The Morgan fingerprint density at radius 1 is 1.00 bits per heavy atom. The largest absolute Gasteiger partial charge is 0.375 e. The van der Waals surface area contributed by atoms with Gasteiger partial charge in [0.1, 0.15) is 12.1 Å². The van der Waals surface area contributed by atoms with Crippen LogP contribution in [0.2, 0.25) is 0 Å². The van der Waals surface area contributed by atoms with Crippen LogP contribution < -0.4 is 5.32 Å². The van der Waals surface area contributed by atoms with Crippen LogP contribution in [0.5, 0.6) is 0 Å². The molecule has 0 aliphatic heterocycles. The number of ether oxygens (including phenoxy) is 1. The Balaban J connectivity index is 2.29. The molecule has 0 saturated heterocycles. The predicted octanol–water partition coefficient (Wildman–Crippen LogP) is 2.85. The lowest BCUT2D eigenvalue weighted by molar-refractivity contribution is 0.0565. The van der Waals surface area contributed by atoms with E-state index in [0.717, 1.165) is 5.56 Å². The van der Waals surface area contributed by atoms with Crippen LogP contribution in [0, 0.1) is 0 Å². The van der Waals surface area contributed by atoms with E-state index in [-0.39, 0.29) is 11.9 Å². The Morgan fingerprint density at radius 2 is 1.55 bits per heavy atom. The van der Waals surface area contributed by atoms with Crippen LogP contribution in [0.4, 0.5) is 0 Å². The van der Waals surface area contributed by atoms with Crippen molar-refractivity contribution >= 4 is 5.78 Å². The summed E-state index contributed by atoms with van der Waals surface area (Å²) in [5.74, 6) is 0.0313. The molecule has 2 rings (SSSR count). The van der Waals surface area contributed by atoms with E-state index in [9.17, 15) is 4.79 Å². The number of hydrogen-bond acceptors (Lipinski definition) is 3. The van der Waals surface area contributed by atoms with Crippen molar-refractivity contribution in [3.8, 4) is 0 Å². The fourth-order valence-corrected chi connectivity index (χ4v) is 2.31. The van der Waals surface area contributed by atoms with E-state index >= 15 is 0 Å². The highest BCUT2D eigenvalue weighted by atomic mass is 16.5. The predicted molar refractivity (Wildman–Crippen MR) is 79.8 cm³/mol. The minimum absolute atomic E-state index is 0.0313. The van der Waals surface area contributed by atoms with Gasteiger partial charge in [0.05, 0.1) is 0 Å². The number of Topliss-reactive ketones (excluding diaryl/α,β-unsaturated/α-hetero) is 1. The third-order valence-corrected chi connectivity index (χ3v) is 3.34. The second-order valence-electron chi connectivity index (χ2n) is 4.56. The maximum Gasteiger partial charge on any atom is 0.182 e. The summed E-state index contributed by atoms with van der Waals surface area (Å²) in [5, 5.41) is 3.08. The Kier molecular flexibility index (Phi) is 5.04. The van der Waals surface area contributed by atoms with E-state index in [4.69, 9.17) is 4.74 Å². The molecule has 0 bridgehead atoms. The van der Waals surface area contributed by atoms with E-state index in [1.807, 2.05) is 60.7 Å². The summed E-state index contributed by atoms with van der Waals surface area (Å²) in [7, 11) is 3.40. The molecular weight excluding hydrogens is 250 g/mol. The maximum absolute atomic E-state index is 12.6. The van der Waals surface area contributed by atoms with Crippen LogP contribution in [0.15, 0.2) is 60.7 Å². The van der Waals surface area contributed by atoms with E-state index in [1.54, 1.807) is 14.2 Å². The summed E-state index contributed by atoms with van der Waals surface area (Å²) in [6.07, 6.45) is -0.311. The number of benzene rings is 2. The SMILES string of the molecule is CN[C@H](C(=O)c1ccccc1)[C@@H](OC)c1ccccc1. The lowest BCUT2D eigenvalue weighted by Crippen LogP contribution is -2.40. The number of carbonyl (C=O) groups is 1. The first-order valence-electron chi connectivity index (χ1n) is 6.62. The molecule has 2 atom stereocenters. The molecule has 0 aliphatic carbocycles. The first-order chi connectivity index (χ1) is 9.77. The van der Waals surface area contributed by atoms with Crippen molar-refractivity contribution in [1.82, 2.24) is 5.32 Å². The van der Waals surface area contributed by atoms with Gasteiger partial charge in [-0.2, -0.15) is 0 Å². The molecule has 3 heteroatoms. The lowest BCUT2D eigenvalue weighted by atomic mass is 9.95. The highest BCUT2D eigenvalue weighted by Gasteiger charge is 2.28. The van der Waals surface area contributed by atoms with Gasteiger partial charge in [-0.25, -0.2) is 0 Å². The number of methoxy groups -OCH3 is 1. The van der Waals surface area contributed by atoms with Crippen LogP contribution in [-0.2, 0) is 4.74 Å². The van der Waals surface area contributed by atoms with E-state index in [2.05, 4.69) is 5.32 Å². The maximum atomic E-state index is 12.6. The molecule has 2 aromatic carbocycles. The number of ketones is 1. The van der Waals surface area contributed by atoms with E-state index in [0.29, 0.717) is 5.56 Å². The smallest absolute Gasteiger partial charge is 0.182 e. The zero-order valence-electron chi connectivity index (χ0n) is 11.7. The minimum atomic E-state index is -0.412. The van der Waals surface area contributed by atoms with Crippen LogP contribution >= 0.6 is 0 Å². The van der Waals surface area contributed by atoms with Gasteiger partial charge in [0.15, 0.2) is 5.78 Å². The first-order valence-corrected chi connectivity index (χ1v) is 6.62. The fraction of sp³-hybridized carbons (Fsp3) is 0.235. The van der Waals surface area contributed by atoms with Gasteiger partial charge in [-0.05, 0) is 12.6 Å². The van der Waals surface area contributed by atoms with E-state index < -0.39 is 6.04 Å². The van der Waals surface area contributed by atoms with Crippen molar-refractivity contribution < 1.29 is 9.53 Å². The van der Waals surface area contributed by atoms with Gasteiger partial charge >= 0.3 is 0 Å². The minimum Gasteiger partial charge on any atom is -0.375 e. The van der Waals surface area contributed by atoms with Gasteiger partial charge in [-0.1, -0.05) is 60.7 Å². The quantitative estimate of drug-likeness (QED) is 0.819. The van der Waals surface area contributed by atoms with Crippen molar-refractivity contribution in [2.45, 2.75) is 12.1 Å². The van der Waals surface area contributed by atoms with Gasteiger partial charge in [0.25, 0.3) is 0 Å². The van der Waals surface area contributed by atoms with E-state index in [1.165, 1.54) is 0 Å². The van der Waals surface area contributed by atoms with Gasteiger partial charge < -0.3 is 10.1 Å². The van der Waals surface area contributed by atoms with Crippen molar-refractivity contribution in [1.29, 1.82) is 0 Å². The van der Waals surface area contributed by atoms with Gasteiger partial charge in [0, 0.05) is 12.7 Å². The standard InChI is InChI=1S/C17H19NO2/c1-18-15(16(19)13-9-5-3-6-10-13)17(20-2)14-11-7-4-8-12-14/h3-12,15,17-18H,1-2H3/t15-,17+/m1/s1. The summed E-state index contributed by atoms with van der Waals surface area (Å²) in [6.45, 7) is 0. The molecule has 2 aromatic rings. The Labute approximate surface area is 119 Å². The molecule has 0 aliphatic rings. The van der Waals surface area contributed by atoms with Crippen molar-refractivity contribution in [2.24, 2.45) is 0 Å². The highest BCUT2D eigenvalue weighted by Crippen LogP contribution is 2.23.